The lowest BCUT2D eigenvalue weighted by molar-refractivity contribution is -0.122. The van der Waals surface area contributed by atoms with Gasteiger partial charge in [-0.2, -0.15) is 0 Å². The molecule has 0 atom stereocenters. The highest BCUT2D eigenvalue weighted by Crippen LogP contribution is 2.41. The average molecular weight is 607 g/mol. The van der Waals surface area contributed by atoms with Crippen LogP contribution >= 0.6 is 0 Å². The van der Waals surface area contributed by atoms with Gasteiger partial charge in [-0.15, -0.1) is 5.10 Å². The molecule has 236 valence electrons. The Morgan fingerprint density at radius 2 is 1.68 bits per heavy atom. The van der Waals surface area contributed by atoms with Gasteiger partial charge < -0.3 is 29.7 Å². The summed E-state index contributed by atoms with van der Waals surface area (Å²) in [5.41, 5.74) is 4.73. The normalized spacial score (nSPS) is 11.9. The number of alkyl carbamates (subject to hydrolysis) is 1. The first-order chi connectivity index (χ1) is 21.5. The summed E-state index contributed by atoms with van der Waals surface area (Å²) in [6, 6.07) is 15.4. The molecule has 0 saturated heterocycles. The second-order valence-corrected chi connectivity index (χ2v) is 10.4. The zero-order valence-electron chi connectivity index (χ0n) is 25.5. The van der Waals surface area contributed by atoms with Crippen LogP contribution in [0.15, 0.2) is 48.5 Å². The predicted molar refractivity (Wildman–Crippen MR) is 166 cm³/mol. The number of carbonyl (C=O) groups excluding carboxylic acids is 3. The van der Waals surface area contributed by atoms with Crippen molar-refractivity contribution in [3.63, 3.8) is 0 Å². The number of fused-ring (bicyclic) bond motifs is 5. The fourth-order valence-corrected chi connectivity index (χ4v) is 4.98. The maximum atomic E-state index is 13.7. The van der Waals surface area contributed by atoms with E-state index in [1.807, 2.05) is 48.5 Å². The number of methoxy groups -OCH3 is 1. The third-order valence-electron chi connectivity index (χ3n) is 7.24. The summed E-state index contributed by atoms with van der Waals surface area (Å²) in [5.74, 6) is -0.306. The molecule has 0 radical (unpaired) electrons. The quantitative estimate of drug-likeness (QED) is 0.234. The first-order valence-electron chi connectivity index (χ1n) is 15.2. The SMILES string of the molecule is CCCCCNC(=O)OCCn1nnc2c1-c1ccccc1N(C(=O)CCNC(=O)CCOCCOC)Cc1ccccc1-2. The summed E-state index contributed by atoms with van der Waals surface area (Å²) in [6.07, 6.45) is 2.90. The molecule has 2 heterocycles. The average Bonchev–Trinajstić information content (AvgIpc) is 3.44. The Bertz CT molecular complexity index is 1390. The minimum atomic E-state index is -0.461. The molecule has 0 unspecified atom stereocenters. The van der Waals surface area contributed by atoms with Crippen molar-refractivity contribution in [2.45, 2.75) is 52.1 Å². The molecule has 1 aliphatic rings. The van der Waals surface area contributed by atoms with Gasteiger partial charge in [-0.3, -0.25) is 9.59 Å². The zero-order valence-corrected chi connectivity index (χ0v) is 25.5. The lowest BCUT2D eigenvalue weighted by atomic mass is 9.95. The van der Waals surface area contributed by atoms with Crippen LogP contribution in [0.2, 0.25) is 0 Å². The van der Waals surface area contributed by atoms with Crippen molar-refractivity contribution < 1.29 is 28.6 Å². The van der Waals surface area contributed by atoms with E-state index in [2.05, 4.69) is 27.9 Å². The van der Waals surface area contributed by atoms with E-state index in [9.17, 15) is 14.4 Å². The molecule has 44 heavy (non-hydrogen) atoms. The number of hydrogen-bond acceptors (Lipinski definition) is 8. The largest absolute Gasteiger partial charge is 0.448 e. The number of ether oxygens (including phenoxy) is 3. The van der Waals surface area contributed by atoms with Gasteiger partial charge in [0.25, 0.3) is 0 Å². The number of rotatable bonds is 16. The minimum absolute atomic E-state index is 0.110. The van der Waals surface area contributed by atoms with E-state index in [1.54, 1.807) is 16.7 Å². The molecule has 4 rings (SSSR count). The van der Waals surface area contributed by atoms with Gasteiger partial charge in [0.05, 0.1) is 44.3 Å². The summed E-state index contributed by atoms with van der Waals surface area (Å²) >= 11 is 0. The van der Waals surface area contributed by atoms with Crippen LogP contribution in [0.3, 0.4) is 0 Å². The molecule has 12 nitrogen and oxygen atoms in total. The van der Waals surface area contributed by atoms with E-state index in [0.717, 1.165) is 41.6 Å². The van der Waals surface area contributed by atoms with Gasteiger partial charge in [0.1, 0.15) is 12.3 Å². The van der Waals surface area contributed by atoms with E-state index < -0.39 is 6.09 Å². The second-order valence-electron chi connectivity index (χ2n) is 10.4. The second kappa shape index (κ2) is 17.1. The topological polar surface area (TPSA) is 137 Å². The standard InChI is InChI=1S/C32H42N6O6/c1-3-4-9-16-34-32(41)44-20-18-38-31-26-12-7-8-13-27(26)37(23-24-10-5-6-11-25(24)30(31)35-36-38)29(40)14-17-33-28(39)15-19-43-22-21-42-2/h5-8,10-13H,3-4,9,14-23H2,1-2H3,(H,33,39)(H,34,41). The number of unbranched alkanes of at least 4 members (excludes halogenated alkanes) is 2. The Morgan fingerprint density at radius 3 is 2.50 bits per heavy atom. The van der Waals surface area contributed by atoms with E-state index in [-0.39, 0.29) is 51.0 Å². The molecular formula is C32H42N6O6. The number of nitrogens with one attached hydrogen (secondary N) is 2. The van der Waals surface area contributed by atoms with Crippen LogP contribution in [0.25, 0.3) is 22.5 Å². The fraction of sp³-hybridized carbons (Fsp3) is 0.469. The van der Waals surface area contributed by atoms with Crippen LogP contribution < -0.4 is 15.5 Å². The predicted octanol–water partition coefficient (Wildman–Crippen LogP) is 3.93. The van der Waals surface area contributed by atoms with Crippen molar-refractivity contribution in [1.29, 1.82) is 0 Å². The number of hydrogen-bond donors (Lipinski definition) is 2. The molecule has 12 heteroatoms. The molecule has 0 fully saturated rings. The molecule has 3 amide bonds. The highest BCUT2D eigenvalue weighted by atomic mass is 16.5. The van der Waals surface area contributed by atoms with Crippen LogP contribution in [0.4, 0.5) is 10.5 Å². The highest BCUT2D eigenvalue weighted by Gasteiger charge is 2.29. The van der Waals surface area contributed by atoms with Crippen molar-refractivity contribution in [3.05, 3.63) is 54.1 Å². The van der Waals surface area contributed by atoms with Crippen molar-refractivity contribution in [1.82, 2.24) is 25.6 Å². The Kier molecular flexibility index (Phi) is 12.7. The summed E-state index contributed by atoms with van der Waals surface area (Å²) in [5, 5.41) is 14.6. The minimum Gasteiger partial charge on any atom is -0.448 e. The number of carbonyl (C=O) groups is 3. The van der Waals surface area contributed by atoms with Crippen molar-refractivity contribution >= 4 is 23.6 Å². The first kappa shape index (κ1) is 32.6. The van der Waals surface area contributed by atoms with Crippen LogP contribution in [0.5, 0.6) is 0 Å². The van der Waals surface area contributed by atoms with E-state index in [4.69, 9.17) is 14.2 Å². The van der Waals surface area contributed by atoms with Gasteiger partial charge in [0, 0.05) is 44.2 Å². The molecule has 3 aromatic rings. The number of nitrogens with zero attached hydrogens (tertiary/aromatic N) is 4. The van der Waals surface area contributed by atoms with Gasteiger partial charge in [-0.25, -0.2) is 9.48 Å². The molecule has 0 spiro atoms. The van der Waals surface area contributed by atoms with E-state index >= 15 is 0 Å². The van der Waals surface area contributed by atoms with Crippen LogP contribution in [0.1, 0.15) is 44.6 Å². The van der Waals surface area contributed by atoms with Gasteiger partial charge >= 0.3 is 6.09 Å². The number of amides is 3. The maximum Gasteiger partial charge on any atom is 0.407 e. The van der Waals surface area contributed by atoms with Crippen molar-refractivity contribution in [2.75, 3.05) is 51.5 Å². The molecule has 2 N–H and O–H groups in total. The smallest absolute Gasteiger partial charge is 0.407 e. The van der Waals surface area contributed by atoms with E-state index in [0.29, 0.717) is 37.7 Å². The molecule has 1 aliphatic heterocycles. The Labute approximate surface area is 258 Å². The van der Waals surface area contributed by atoms with Crippen molar-refractivity contribution in [2.24, 2.45) is 0 Å². The van der Waals surface area contributed by atoms with Crippen molar-refractivity contribution in [3.8, 4) is 22.5 Å². The van der Waals surface area contributed by atoms with Gasteiger partial charge in [0.2, 0.25) is 11.8 Å². The van der Waals surface area contributed by atoms with Crippen LogP contribution in [-0.4, -0.2) is 79.5 Å². The number of anilines is 1. The maximum absolute atomic E-state index is 13.7. The third kappa shape index (κ3) is 8.87. The number of benzene rings is 2. The summed E-state index contributed by atoms with van der Waals surface area (Å²) in [6.45, 7) is 4.81. The molecule has 1 aromatic heterocycles. The first-order valence-corrected chi connectivity index (χ1v) is 15.2. The zero-order chi connectivity index (χ0) is 31.1. The van der Waals surface area contributed by atoms with Gasteiger partial charge in [0.15, 0.2) is 0 Å². The number of aromatic nitrogens is 3. The molecule has 2 aromatic carbocycles. The summed E-state index contributed by atoms with van der Waals surface area (Å²) in [4.78, 5) is 39.8. The Balaban J connectivity index is 1.49. The van der Waals surface area contributed by atoms with E-state index in [1.165, 1.54) is 0 Å². The molecule has 0 bridgehead atoms. The van der Waals surface area contributed by atoms with Crippen LogP contribution in [0, 0.1) is 0 Å². The van der Waals surface area contributed by atoms with Gasteiger partial charge in [-0.05, 0) is 18.1 Å². The summed E-state index contributed by atoms with van der Waals surface area (Å²) in [7, 11) is 1.59. The Morgan fingerprint density at radius 1 is 0.886 bits per heavy atom. The lowest BCUT2D eigenvalue weighted by Crippen LogP contribution is -2.35. The fourth-order valence-electron chi connectivity index (χ4n) is 4.98. The molecule has 0 aliphatic carbocycles. The lowest BCUT2D eigenvalue weighted by Gasteiger charge is -2.29. The van der Waals surface area contributed by atoms with Crippen LogP contribution in [-0.2, 0) is 36.9 Å². The third-order valence-corrected chi connectivity index (χ3v) is 7.24. The highest BCUT2D eigenvalue weighted by molar-refractivity contribution is 6.00. The molecular weight excluding hydrogens is 564 g/mol. The van der Waals surface area contributed by atoms with Gasteiger partial charge in [-0.1, -0.05) is 67.4 Å². The molecule has 0 saturated carbocycles. The Hall–Kier alpha value is -4.29. The monoisotopic (exact) mass is 606 g/mol. The number of para-hydroxylation sites is 1. The summed E-state index contributed by atoms with van der Waals surface area (Å²) < 4.78 is 17.4.